The van der Waals surface area contributed by atoms with E-state index in [-0.39, 0.29) is 11.5 Å². The Morgan fingerprint density at radius 2 is 2.07 bits per heavy atom. The first-order valence-corrected chi connectivity index (χ1v) is 6.33. The SMILES string of the molecule is Nc1ccccc1S(=O)(=O)C1CCOC1. The van der Waals surface area contributed by atoms with E-state index in [1.165, 1.54) is 0 Å². The van der Waals surface area contributed by atoms with Gasteiger partial charge in [0, 0.05) is 6.61 Å². The molecule has 0 aromatic heterocycles. The Bertz CT molecular complexity index is 449. The van der Waals surface area contributed by atoms with E-state index in [0.29, 0.717) is 18.7 Å². The number of nitrogen functional groups attached to an aromatic ring is 1. The minimum Gasteiger partial charge on any atom is -0.398 e. The number of sulfone groups is 1. The van der Waals surface area contributed by atoms with Crippen LogP contribution < -0.4 is 5.73 Å². The molecule has 1 aromatic carbocycles. The van der Waals surface area contributed by atoms with Crippen molar-refractivity contribution in [3.05, 3.63) is 24.3 Å². The van der Waals surface area contributed by atoms with Crippen LogP contribution in [0.5, 0.6) is 0 Å². The average Bonchev–Trinajstić information content (AvgIpc) is 2.71. The minimum atomic E-state index is -3.32. The van der Waals surface area contributed by atoms with Crippen molar-refractivity contribution in [2.45, 2.75) is 16.6 Å². The molecule has 1 heterocycles. The van der Waals surface area contributed by atoms with Gasteiger partial charge < -0.3 is 10.5 Å². The van der Waals surface area contributed by atoms with Gasteiger partial charge in [0.05, 0.1) is 22.4 Å². The van der Waals surface area contributed by atoms with Gasteiger partial charge in [0.25, 0.3) is 0 Å². The second kappa shape index (κ2) is 3.83. The van der Waals surface area contributed by atoms with Gasteiger partial charge >= 0.3 is 0 Å². The molecule has 2 rings (SSSR count). The van der Waals surface area contributed by atoms with Crippen molar-refractivity contribution in [3.63, 3.8) is 0 Å². The van der Waals surface area contributed by atoms with Crippen LogP contribution in [0, 0.1) is 0 Å². The molecule has 82 valence electrons. The number of rotatable bonds is 2. The van der Waals surface area contributed by atoms with Crippen LogP contribution >= 0.6 is 0 Å². The van der Waals surface area contributed by atoms with Crippen LogP contribution in [0.15, 0.2) is 29.2 Å². The molecule has 1 saturated heterocycles. The maximum Gasteiger partial charge on any atom is 0.185 e. The Labute approximate surface area is 89.0 Å². The summed E-state index contributed by atoms with van der Waals surface area (Å²) >= 11 is 0. The first kappa shape index (κ1) is 10.4. The normalized spacial score (nSPS) is 21.7. The highest BCUT2D eigenvalue weighted by Crippen LogP contribution is 2.26. The summed E-state index contributed by atoms with van der Waals surface area (Å²) < 4.78 is 29.3. The van der Waals surface area contributed by atoms with Crippen LogP contribution in [0.25, 0.3) is 0 Å². The molecule has 1 fully saturated rings. The quantitative estimate of drug-likeness (QED) is 0.760. The van der Waals surface area contributed by atoms with E-state index in [1.807, 2.05) is 0 Å². The third kappa shape index (κ3) is 1.85. The van der Waals surface area contributed by atoms with Crippen LogP contribution in [0.4, 0.5) is 5.69 Å². The first-order valence-electron chi connectivity index (χ1n) is 4.78. The number of nitrogens with two attached hydrogens (primary N) is 1. The van der Waals surface area contributed by atoms with E-state index in [9.17, 15) is 8.42 Å². The molecule has 4 nitrogen and oxygen atoms in total. The lowest BCUT2D eigenvalue weighted by Gasteiger charge is -2.11. The summed E-state index contributed by atoms with van der Waals surface area (Å²) in [6.45, 7) is 0.785. The number of ether oxygens (including phenoxy) is 1. The van der Waals surface area contributed by atoms with Gasteiger partial charge in [0.2, 0.25) is 0 Å². The number of benzene rings is 1. The van der Waals surface area contributed by atoms with E-state index in [2.05, 4.69) is 0 Å². The molecule has 15 heavy (non-hydrogen) atoms. The van der Waals surface area contributed by atoms with E-state index < -0.39 is 15.1 Å². The molecule has 1 aliphatic rings. The Kier molecular flexibility index (Phi) is 2.67. The van der Waals surface area contributed by atoms with Gasteiger partial charge in [-0.05, 0) is 18.6 Å². The largest absolute Gasteiger partial charge is 0.398 e. The van der Waals surface area contributed by atoms with Gasteiger partial charge in [0.1, 0.15) is 0 Å². The highest BCUT2D eigenvalue weighted by molar-refractivity contribution is 7.92. The van der Waals surface area contributed by atoms with E-state index in [1.54, 1.807) is 24.3 Å². The molecule has 1 unspecified atom stereocenters. The van der Waals surface area contributed by atoms with Gasteiger partial charge in [-0.1, -0.05) is 12.1 Å². The molecule has 1 atom stereocenters. The fraction of sp³-hybridized carbons (Fsp3) is 0.400. The lowest BCUT2D eigenvalue weighted by Crippen LogP contribution is -2.22. The maximum absolute atomic E-state index is 12.1. The Balaban J connectivity index is 2.41. The summed E-state index contributed by atoms with van der Waals surface area (Å²) in [6, 6.07) is 6.55. The van der Waals surface area contributed by atoms with Crippen molar-refractivity contribution in [1.29, 1.82) is 0 Å². The van der Waals surface area contributed by atoms with Crippen molar-refractivity contribution < 1.29 is 13.2 Å². The molecule has 1 aromatic rings. The molecule has 0 spiro atoms. The third-order valence-electron chi connectivity index (χ3n) is 2.55. The van der Waals surface area contributed by atoms with Crippen molar-refractivity contribution in [1.82, 2.24) is 0 Å². The summed E-state index contributed by atoms with van der Waals surface area (Å²) in [5, 5.41) is -0.442. The molecule has 2 N–H and O–H groups in total. The summed E-state index contributed by atoms with van der Waals surface area (Å²) in [6.07, 6.45) is 0.552. The van der Waals surface area contributed by atoms with Crippen molar-refractivity contribution >= 4 is 15.5 Å². The monoisotopic (exact) mass is 227 g/mol. The van der Waals surface area contributed by atoms with Crippen LogP contribution in [-0.2, 0) is 14.6 Å². The molecule has 0 saturated carbocycles. The van der Waals surface area contributed by atoms with Gasteiger partial charge in [-0.25, -0.2) is 8.42 Å². The van der Waals surface area contributed by atoms with Crippen molar-refractivity contribution in [3.8, 4) is 0 Å². The number of hydrogen-bond acceptors (Lipinski definition) is 4. The van der Waals surface area contributed by atoms with Crippen molar-refractivity contribution in [2.24, 2.45) is 0 Å². The lowest BCUT2D eigenvalue weighted by atomic mass is 10.3. The predicted molar refractivity (Wildman–Crippen MR) is 57.3 cm³/mol. The fourth-order valence-corrected chi connectivity index (χ4v) is 3.38. The molecule has 1 aliphatic heterocycles. The summed E-state index contributed by atoms with van der Waals surface area (Å²) in [5.74, 6) is 0. The Morgan fingerprint density at radius 1 is 1.33 bits per heavy atom. The summed E-state index contributed by atoms with van der Waals surface area (Å²) in [5.41, 5.74) is 5.96. The van der Waals surface area contributed by atoms with Crippen LogP contribution in [-0.4, -0.2) is 26.9 Å². The van der Waals surface area contributed by atoms with E-state index in [0.717, 1.165) is 0 Å². The fourth-order valence-electron chi connectivity index (χ4n) is 1.68. The van der Waals surface area contributed by atoms with E-state index >= 15 is 0 Å². The zero-order valence-electron chi connectivity index (χ0n) is 8.22. The van der Waals surface area contributed by atoms with Crippen LogP contribution in [0.3, 0.4) is 0 Å². The molecule has 0 radical (unpaired) electrons. The van der Waals surface area contributed by atoms with Crippen molar-refractivity contribution in [2.75, 3.05) is 18.9 Å². The van der Waals surface area contributed by atoms with Gasteiger partial charge in [-0.15, -0.1) is 0 Å². The van der Waals surface area contributed by atoms with Gasteiger partial charge in [-0.3, -0.25) is 0 Å². The average molecular weight is 227 g/mol. The third-order valence-corrected chi connectivity index (χ3v) is 4.79. The Morgan fingerprint density at radius 3 is 2.67 bits per heavy atom. The van der Waals surface area contributed by atoms with Gasteiger partial charge in [-0.2, -0.15) is 0 Å². The number of anilines is 1. The number of para-hydroxylation sites is 1. The second-order valence-electron chi connectivity index (χ2n) is 3.57. The lowest BCUT2D eigenvalue weighted by molar-refractivity contribution is 0.198. The maximum atomic E-state index is 12.1. The van der Waals surface area contributed by atoms with Crippen LogP contribution in [0.1, 0.15) is 6.42 Å². The van der Waals surface area contributed by atoms with E-state index in [4.69, 9.17) is 10.5 Å². The zero-order chi connectivity index (χ0) is 10.9. The number of hydrogen-bond donors (Lipinski definition) is 1. The zero-order valence-corrected chi connectivity index (χ0v) is 9.03. The first-order chi connectivity index (χ1) is 7.12. The molecule has 0 bridgehead atoms. The summed E-state index contributed by atoms with van der Waals surface area (Å²) in [4.78, 5) is 0.223. The highest BCUT2D eigenvalue weighted by atomic mass is 32.2. The summed E-state index contributed by atoms with van der Waals surface area (Å²) in [7, 11) is -3.32. The molecule has 0 amide bonds. The van der Waals surface area contributed by atoms with Crippen LogP contribution in [0.2, 0.25) is 0 Å². The highest BCUT2D eigenvalue weighted by Gasteiger charge is 2.32. The molecular weight excluding hydrogens is 214 g/mol. The Hall–Kier alpha value is -1.07. The second-order valence-corrected chi connectivity index (χ2v) is 5.76. The molecule has 0 aliphatic carbocycles. The van der Waals surface area contributed by atoms with Gasteiger partial charge in [0.15, 0.2) is 9.84 Å². The molecular formula is C10H13NO3S. The predicted octanol–water partition coefficient (Wildman–Crippen LogP) is 0.831. The smallest absolute Gasteiger partial charge is 0.185 e. The minimum absolute atomic E-state index is 0.223. The molecule has 5 heteroatoms. The standard InChI is InChI=1S/C10H13NO3S/c11-9-3-1-2-4-10(9)15(12,13)8-5-6-14-7-8/h1-4,8H,5-7,11H2. The topological polar surface area (TPSA) is 69.4 Å².